The molecule has 0 aromatic heterocycles. The van der Waals surface area contributed by atoms with E-state index in [0.717, 1.165) is 25.7 Å². The number of unbranched alkanes of at least 4 members (excludes halogenated alkanes) is 34. The predicted octanol–water partition coefficient (Wildman–Crippen LogP) is 15.1. The Bertz CT molecular complexity index is 823. The second kappa shape index (κ2) is 37.4. The van der Waals surface area contributed by atoms with Crippen LogP contribution in [0.3, 0.4) is 0 Å². The van der Waals surface area contributed by atoms with E-state index in [9.17, 15) is 9.59 Å². The topological polar surface area (TPSA) is 63.6 Å². The van der Waals surface area contributed by atoms with Crippen LogP contribution < -0.4 is 4.74 Å². The van der Waals surface area contributed by atoms with Crippen molar-refractivity contribution in [1.82, 2.24) is 0 Å². The molecule has 0 aliphatic heterocycles. The molecule has 284 valence electrons. The minimum absolute atomic E-state index is 0.105. The minimum Gasteiger partial charge on any atom is -0.481 e. The van der Waals surface area contributed by atoms with Crippen molar-refractivity contribution in [1.29, 1.82) is 0 Å². The average Bonchev–Trinajstić information content (AvgIpc) is 3.10. The van der Waals surface area contributed by atoms with Crippen molar-refractivity contribution >= 4 is 11.9 Å². The van der Waals surface area contributed by atoms with Crippen molar-refractivity contribution in [2.75, 3.05) is 0 Å². The zero-order valence-electron chi connectivity index (χ0n) is 32.2. The number of carboxylic acids is 1. The lowest BCUT2D eigenvalue weighted by Crippen LogP contribution is -2.07. The van der Waals surface area contributed by atoms with Crippen molar-refractivity contribution in [3.63, 3.8) is 0 Å². The van der Waals surface area contributed by atoms with Crippen LogP contribution in [0.15, 0.2) is 30.3 Å². The second-order valence-electron chi connectivity index (χ2n) is 15.1. The molecule has 0 aliphatic carbocycles. The van der Waals surface area contributed by atoms with Crippen LogP contribution in [-0.4, -0.2) is 17.0 Å². The number of carbonyl (C=O) groups is 2. The highest BCUT2D eigenvalue weighted by Gasteiger charge is 2.04. The van der Waals surface area contributed by atoms with Gasteiger partial charge in [0.15, 0.2) is 0 Å². The third-order valence-electron chi connectivity index (χ3n) is 10.2. The van der Waals surface area contributed by atoms with E-state index in [4.69, 9.17) is 9.84 Å². The molecule has 0 saturated carbocycles. The fourth-order valence-corrected chi connectivity index (χ4v) is 7.05. The Hall–Kier alpha value is -1.84. The molecule has 4 heteroatoms. The first kappa shape index (κ1) is 45.2. The van der Waals surface area contributed by atoms with Crippen LogP contribution >= 0.6 is 0 Å². The summed E-state index contributed by atoms with van der Waals surface area (Å²) < 4.78 is 5.35. The van der Waals surface area contributed by atoms with E-state index < -0.39 is 5.97 Å². The summed E-state index contributed by atoms with van der Waals surface area (Å²) in [5.74, 6) is -0.107. The summed E-state index contributed by atoms with van der Waals surface area (Å²) >= 11 is 0. The SMILES string of the molecule is O=C(O)CCCCCCCCCCCCCCCCCCCCCCCCCCCCCCCCCCCCCC(=O)Oc1ccccc1. The molecule has 0 radical (unpaired) electrons. The molecule has 1 rings (SSSR count). The van der Waals surface area contributed by atoms with Crippen LogP contribution in [0.4, 0.5) is 0 Å². The van der Waals surface area contributed by atoms with Gasteiger partial charge in [0.1, 0.15) is 5.75 Å². The Labute approximate surface area is 304 Å². The molecule has 0 heterocycles. The summed E-state index contributed by atoms with van der Waals surface area (Å²) in [4.78, 5) is 22.4. The standard InChI is InChI=1S/C45H80O4/c46-44(47)41-37-32-30-28-26-24-22-20-18-16-14-12-10-8-6-4-2-1-3-5-7-9-11-13-15-17-19-21-23-25-27-29-31-33-38-42-45(48)49-43-39-35-34-36-40-43/h34-36,39-40H,1-33,37-38,41-42H2,(H,46,47). The Morgan fingerprint density at radius 1 is 0.347 bits per heavy atom. The fraction of sp³-hybridized carbons (Fsp3) is 0.822. The van der Waals surface area contributed by atoms with Gasteiger partial charge >= 0.3 is 11.9 Å². The molecule has 0 aliphatic rings. The Morgan fingerprint density at radius 3 is 0.816 bits per heavy atom. The maximum Gasteiger partial charge on any atom is 0.311 e. The molecule has 49 heavy (non-hydrogen) atoms. The molecular formula is C45H80O4. The van der Waals surface area contributed by atoms with E-state index in [-0.39, 0.29) is 5.97 Å². The second-order valence-corrected chi connectivity index (χ2v) is 15.1. The fourth-order valence-electron chi connectivity index (χ4n) is 7.05. The molecule has 0 bridgehead atoms. The van der Waals surface area contributed by atoms with Crippen molar-refractivity contribution in [3.05, 3.63) is 30.3 Å². The third-order valence-corrected chi connectivity index (χ3v) is 10.2. The molecule has 1 aromatic rings. The van der Waals surface area contributed by atoms with Crippen LogP contribution in [-0.2, 0) is 9.59 Å². The minimum atomic E-state index is -0.652. The lowest BCUT2D eigenvalue weighted by atomic mass is 10.0. The van der Waals surface area contributed by atoms with Gasteiger partial charge in [-0.3, -0.25) is 9.59 Å². The normalized spacial score (nSPS) is 11.3. The number of benzene rings is 1. The number of rotatable bonds is 39. The van der Waals surface area contributed by atoms with E-state index in [1.165, 1.54) is 199 Å². The van der Waals surface area contributed by atoms with Crippen molar-refractivity contribution < 1.29 is 19.4 Å². The first-order chi connectivity index (χ1) is 24.2. The number of aliphatic carboxylic acids is 1. The maximum absolute atomic E-state index is 11.9. The molecule has 0 amide bonds. The van der Waals surface area contributed by atoms with Crippen molar-refractivity contribution in [2.45, 2.75) is 238 Å². The van der Waals surface area contributed by atoms with E-state index >= 15 is 0 Å². The summed E-state index contributed by atoms with van der Waals surface area (Å²) in [6, 6.07) is 9.38. The number of hydrogen-bond acceptors (Lipinski definition) is 3. The largest absolute Gasteiger partial charge is 0.481 e. The summed E-state index contributed by atoms with van der Waals surface area (Å²) in [6.45, 7) is 0. The molecule has 1 N–H and O–H groups in total. The maximum atomic E-state index is 11.9. The van der Waals surface area contributed by atoms with Crippen LogP contribution in [0.25, 0.3) is 0 Å². The molecule has 0 saturated heterocycles. The zero-order chi connectivity index (χ0) is 35.1. The molecular weight excluding hydrogens is 604 g/mol. The number of ether oxygens (including phenoxy) is 1. The lowest BCUT2D eigenvalue weighted by molar-refractivity contribution is -0.137. The van der Waals surface area contributed by atoms with Crippen LogP contribution in [0.1, 0.15) is 238 Å². The van der Waals surface area contributed by atoms with Gasteiger partial charge < -0.3 is 9.84 Å². The molecule has 0 unspecified atom stereocenters. The quantitative estimate of drug-likeness (QED) is 0.0426. The Balaban J connectivity index is 1.63. The van der Waals surface area contributed by atoms with E-state index in [0.29, 0.717) is 18.6 Å². The van der Waals surface area contributed by atoms with Gasteiger partial charge in [-0.1, -0.05) is 230 Å². The van der Waals surface area contributed by atoms with E-state index in [1.54, 1.807) is 0 Å². The van der Waals surface area contributed by atoms with Crippen molar-refractivity contribution in [2.24, 2.45) is 0 Å². The number of carbonyl (C=O) groups excluding carboxylic acids is 1. The highest BCUT2D eigenvalue weighted by atomic mass is 16.5. The van der Waals surface area contributed by atoms with Gasteiger partial charge in [-0.25, -0.2) is 0 Å². The summed E-state index contributed by atoms with van der Waals surface area (Å²) in [6.07, 6.45) is 48.4. The number of para-hydroxylation sites is 1. The molecule has 0 fully saturated rings. The first-order valence-electron chi connectivity index (χ1n) is 21.7. The van der Waals surface area contributed by atoms with Gasteiger partial charge in [0.25, 0.3) is 0 Å². The summed E-state index contributed by atoms with van der Waals surface area (Å²) in [5, 5.41) is 8.65. The monoisotopic (exact) mass is 685 g/mol. The number of hydrogen-bond donors (Lipinski definition) is 1. The van der Waals surface area contributed by atoms with Gasteiger partial charge in [0.05, 0.1) is 0 Å². The van der Waals surface area contributed by atoms with Crippen LogP contribution in [0, 0.1) is 0 Å². The van der Waals surface area contributed by atoms with Gasteiger partial charge in [-0.2, -0.15) is 0 Å². The van der Waals surface area contributed by atoms with Gasteiger partial charge in [0, 0.05) is 12.8 Å². The van der Waals surface area contributed by atoms with Gasteiger partial charge in [0.2, 0.25) is 0 Å². The lowest BCUT2D eigenvalue weighted by Gasteiger charge is -2.05. The predicted molar refractivity (Wildman–Crippen MR) is 211 cm³/mol. The number of esters is 1. The average molecular weight is 685 g/mol. The Morgan fingerprint density at radius 2 is 0.571 bits per heavy atom. The van der Waals surface area contributed by atoms with Crippen molar-refractivity contribution in [3.8, 4) is 5.75 Å². The molecule has 4 nitrogen and oxygen atoms in total. The Kier molecular flexibility index (Phi) is 34.5. The van der Waals surface area contributed by atoms with Gasteiger partial charge in [-0.05, 0) is 25.0 Å². The third kappa shape index (κ3) is 35.8. The number of carboxylic acid groups (broad SMARTS) is 1. The van der Waals surface area contributed by atoms with E-state index in [1.807, 2.05) is 30.3 Å². The highest BCUT2D eigenvalue weighted by Crippen LogP contribution is 2.18. The summed E-state index contributed by atoms with van der Waals surface area (Å²) in [7, 11) is 0. The molecule has 0 spiro atoms. The van der Waals surface area contributed by atoms with Gasteiger partial charge in [-0.15, -0.1) is 0 Å². The van der Waals surface area contributed by atoms with Crippen LogP contribution in [0.2, 0.25) is 0 Å². The molecule has 0 atom stereocenters. The zero-order valence-corrected chi connectivity index (χ0v) is 32.2. The smallest absolute Gasteiger partial charge is 0.311 e. The summed E-state index contributed by atoms with van der Waals surface area (Å²) in [5.41, 5.74) is 0. The van der Waals surface area contributed by atoms with E-state index in [2.05, 4.69) is 0 Å². The molecule has 1 aromatic carbocycles. The van der Waals surface area contributed by atoms with Crippen LogP contribution in [0.5, 0.6) is 5.75 Å². The highest BCUT2D eigenvalue weighted by molar-refractivity contribution is 5.72. The first-order valence-corrected chi connectivity index (χ1v) is 21.7.